The van der Waals surface area contributed by atoms with Crippen molar-refractivity contribution >= 4 is 29.2 Å². The minimum atomic E-state index is -1.24. The molecule has 9 heteroatoms. The first-order valence-corrected chi connectivity index (χ1v) is 13.7. The van der Waals surface area contributed by atoms with Crippen molar-refractivity contribution in [1.29, 1.82) is 0 Å². The molecule has 0 radical (unpaired) electrons. The maximum absolute atomic E-state index is 13.2. The number of methoxy groups -OCH3 is 1. The Bertz CT molecular complexity index is 942. The lowest BCUT2D eigenvalue weighted by atomic mass is 9.73. The van der Waals surface area contributed by atoms with E-state index < -0.39 is 35.6 Å². The van der Waals surface area contributed by atoms with Gasteiger partial charge in [0.1, 0.15) is 16.9 Å². The maximum atomic E-state index is 13.2. The SMILES string of the molecule is COCc1nc(/C=C(\C)[C@@H]2C[C@@H]3O[C@@H]3CCC[C@H](C)[C@H](O)[C@@H](C)C(=O)C(C)(C)[C@@H](O)CC(=O)O2)cs1. The molecule has 8 nitrogen and oxygen atoms in total. The van der Waals surface area contributed by atoms with Crippen molar-refractivity contribution in [2.24, 2.45) is 17.3 Å². The quantitative estimate of drug-likeness (QED) is 0.450. The predicted molar refractivity (Wildman–Crippen MR) is 137 cm³/mol. The average Bonchev–Trinajstić information content (AvgIpc) is 3.41. The highest BCUT2D eigenvalue weighted by molar-refractivity contribution is 7.09. The lowest BCUT2D eigenvalue weighted by Crippen LogP contribution is -2.45. The van der Waals surface area contributed by atoms with Gasteiger partial charge >= 0.3 is 5.97 Å². The lowest BCUT2D eigenvalue weighted by molar-refractivity contribution is -0.154. The molecule has 0 spiro atoms. The summed E-state index contributed by atoms with van der Waals surface area (Å²) >= 11 is 1.50. The van der Waals surface area contributed by atoms with E-state index in [1.165, 1.54) is 11.3 Å². The number of rotatable bonds is 4. The van der Waals surface area contributed by atoms with Crippen LogP contribution < -0.4 is 0 Å². The summed E-state index contributed by atoms with van der Waals surface area (Å²) in [5.41, 5.74) is 0.400. The highest BCUT2D eigenvalue weighted by Crippen LogP contribution is 2.36. The summed E-state index contributed by atoms with van der Waals surface area (Å²) in [6.07, 6.45) is 2.10. The van der Waals surface area contributed by atoms with Gasteiger partial charge in [-0.1, -0.05) is 34.1 Å². The van der Waals surface area contributed by atoms with Gasteiger partial charge in [-0.25, -0.2) is 4.98 Å². The minimum Gasteiger partial charge on any atom is -0.458 e. The number of epoxide rings is 1. The fourth-order valence-corrected chi connectivity index (χ4v) is 5.64. The van der Waals surface area contributed by atoms with Gasteiger partial charge in [0, 0.05) is 24.8 Å². The van der Waals surface area contributed by atoms with Gasteiger partial charge < -0.3 is 24.4 Å². The minimum absolute atomic E-state index is 0.0133. The number of cyclic esters (lactones) is 1. The van der Waals surface area contributed by atoms with Crippen LogP contribution >= 0.6 is 11.3 Å². The van der Waals surface area contributed by atoms with Crippen LogP contribution in [-0.2, 0) is 30.4 Å². The monoisotopic (exact) mass is 523 g/mol. The zero-order chi connectivity index (χ0) is 26.6. The molecule has 0 aliphatic carbocycles. The van der Waals surface area contributed by atoms with Crippen LogP contribution in [0.1, 0.15) is 77.4 Å². The largest absolute Gasteiger partial charge is 0.458 e. The van der Waals surface area contributed by atoms with Crippen LogP contribution in [0, 0.1) is 17.3 Å². The molecule has 1 aromatic rings. The molecular formula is C27H41NO7S. The average molecular weight is 524 g/mol. The van der Waals surface area contributed by atoms with Gasteiger partial charge in [0.2, 0.25) is 0 Å². The Morgan fingerprint density at radius 1 is 1.25 bits per heavy atom. The molecule has 1 aromatic heterocycles. The summed E-state index contributed by atoms with van der Waals surface area (Å²) in [5, 5.41) is 24.4. The fraction of sp³-hybridized carbons (Fsp3) is 0.741. The molecule has 2 fully saturated rings. The van der Waals surface area contributed by atoms with E-state index in [2.05, 4.69) is 4.98 Å². The molecule has 0 unspecified atom stereocenters. The third kappa shape index (κ3) is 7.22. The van der Waals surface area contributed by atoms with Crippen molar-refractivity contribution < 1.29 is 34.0 Å². The number of ether oxygens (including phenoxy) is 3. The molecule has 3 rings (SSSR count). The first-order chi connectivity index (χ1) is 16.9. The topological polar surface area (TPSA) is 118 Å². The first-order valence-electron chi connectivity index (χ1n) is 12.8. The van der Waals surface area contributed by atoms with Crippen LogP contribution in [0.5, 0.6) is 0 Å². The number of hydrogen-bond donors (Lipinski definition) is 2. The number of hydrogen-bond acceptors (Lipinski definition) is 9. The highest BCUT2D eigenvalue weighted by Gasteiger charge is 2.44. The van der Waals surface area contributed by atoms with Crippen LogP contribution in [0.4, 0.5) is 0 Å². The number of Topliss-reactive ketones (excluding diaryl/α,β-unsaturated/α-hetero) is 1. The summed E-state index contributed by atoms with van der Waals surface area (Å²) in [6.45, 7) is 9.22. The smallest absolute Gasteiger partial charge is 0.309 e. The van der Waals surface area contributed by atoms with Crippen molar-refractivity contribution in [3.05, 3.63) is 21.7 Å². The van der Waals surface area contributed by atoms with E-state index >= 15 is 0 Å². The number of esters is 1. The zero-order valence-corrected chi connectivity index (χ0v) is 23.0. The van der Waals surface area contributed by atoms with E-state index in [4.69, 9.17) is 14.2 Å². The van der Waals surface area contributed by atoms with Crippen molar-refractivity contribution in [1.82, 2.24) is 4.98 Å². The van der Waals surface area contributed by atoms with E-state index in [9.17, 15) is 19.8 Å². The number of aromatic nitrogens is 1. The number of aliphatic hydroxyl groups excluding tert-OH is 2. The van der Waals surface area contributed by atoms with Crippen molar-refractivity contribution in [3.8, 4) is 0 Å². The zero-order valence-electron chi connectivity index (χ0n) is 22.2. The second-order valence-corrected chi connectivity index (χ2v) is 11.9. The van der Waals surface area contributed by atoms with Crippen molar-refractivity contribution in [3.63, 3.8) is 0 Å². The highest BCUT2D eigenvalue weighted by atomic mass is 32.1. The predicted octanol–water partition coefficient (Wildman–Crippen LogP) is 3.93. The normalized spacial score (nSPS) is 34.7. The second-order valence-electron chi connectivity index (χ2n) is 10.9. The van der Waals surface area contributed by atoms with Gasteiger partial charge in [0.15, 0.2) is 0 Å². The van der Waals surface area contributed by atoms with Crippen LogP contribution in [0.15, 0.2) is 11.0 Å². The van der Waals surface area contributed by atoms with Gasteiger partial charge in [0.05, 0.1) is 48.6 Å². The van der Waals surface area contributed by atoms with E-state index in [-0.39, 0.29) is 30.3 Å². The molecule has 2 N–H and O–H groups in total. The third-order valence-corrected chi connectivity index (χ3v) is 8.45. The van der Waals surface area contributed by atoms with Gasteiger partial charge in [0.25, 0.3) is 0 Å². The Hall–Kier alpha value is -1.65. The Morgan fingerprint density at radius 2 is 1.97 bits per heavy atom. The maximum Gasteiger partial charge on any atom is 0.309 e. The molecule has 0 aromatic carbocycles. The Labute approximate surface area is 218 Å². The van der Waals surface area contributed by atoms with Gasteiger partial charge in [-0.05, 0) is 37.3 Å². The van der Waals surface area contributed by atoms with E-state index in [1.807, 2.05) is 25.3 Å². The molecule has 0 saturated carbocycles. The number of fused-ring (bicyclic) bond motifs is 1. The molecule has 36 heavy (non-hydrogen) atoms. The van der Waals surface area contributed by atoms with E-state index in [0.29, 0.717) is 13.0 Å². The third-order valence-electron chi connectivity index (χ3n) is 7.61. The number of carbonyl (C=O) groups is 2. The summed E-state index contributed by atoms with van der Waals surface area (Å²) in [7, 11) is 1.62. The summed E-state index contributed by atoms with van der Waals surface area (Å²) in [5.74, 6) is -1.56. The van der Waals surface area contributed by atoms with E-state index in [0.717, 1.165) is 35.5 Å². The molecule has 202 valence electrons. The molecule has 2 aliphatic heterocycles. The van der Waals surface area contributed by atoms with Crippen molar-refractivity contribution in [2.45, 2.75) is 104 Å². The van der Waals surface area contributed by atoms with E-state index in [1.54, 1.807) is 27.9 Å². The Kier molecular flexibility index (Phi) is 9.85. The van der Waals surface area contributed by atoms with Crippen LogP contribution in [0.3, 0.4) is 0 Å². The number of nitrogens with zero attached hydrogens (tertiary/aromatic N) is 1. The van der Waals surface area contributed by atoms with Crippen molar-refractivity contribution in [2.75, 3.05) is 7.11 Å². The van der Waals surface area contributed by atoms with Gasteiger partial charge in [-0.2, -0.15) is 0 Å². The lowest BCUT2D eigenvalue weighted by Gasteiger charge is -2.34. The molecule has 7 atom stereocenters. The summed E-state index contributed by atoms with van der Waals surface area (Å²) < 4.78 is 16.9. The number of aliphatic hydroxyl groups is 2. The van der Waals surface area contributed by atoms with Gasteiger partial charge in [-0.3, -0.25) is 9.59 Å². The van der Waals surface area contributed by atoms with Crippen LogP contribution in [0.2, 0.25) is 0 Å². The summed E-state index contributed by atoms with van der Waals surface area (Å²) in [4.78, 5) is 30.6. The second kappa shape index (κ2) is 12.3. The standard InChI is InChI=1S/C27H41NO7S/c1-15-8-7-9-19-21(34-19)11-20(16(2)10-18-14-36-23(28-18)13-33-6)35-24(30)12-22(29)27(4,5)26(32)17(3)25(15)31/h10,14-15,17,19-22,25,29,31H,7-9,11-13H2,1-6H3/b16-10+/t15-,17+,19+,20-,21-,22-,25-/m0/s1. The molecule has 2 aliphatic rings. The molecular weight excluding hydrogens is 482 g/mol. The fourth-order valence-electron chi connectivity index (χ4n) is 4.92. The Morgan fingerprint density at radius 3 is 2.67 bits per heavy atom. The Balaban J connectivity index is 1.80. The molecule has 0 bridgehead atoms. The first kappa shape index (κ1) is 28.9. The number of ketones is 1. The molecule has 2 saturated heterocycles. The number of carbonyl (C=O) groups excluding carboxylic acids is 2. The van der Waals surface area contributed by atoms with Crippen LogP contribution in [-0.4, -0.2) is 64.6 Å². The van der Waals surface area contributed by atoms with Crippen LogP contribution in [0.25, 0.3) is 6.08 Å². The molecule has 0 amide bonds. The summed E-state index contributed by atoms with van der Waals surface area (Å²) in [6, 6.07) is 0. The van der Waals surface area contributed by atoms with Gasteiger partial charge in [-0.15, -0.1) is 11.3 Å². The number of thiazole rings is 1. The molecule has 3 heterocycles.